The van der Waals surface area contributed by atoms with Gasteiger partial charge < -0.3 is 15.6 Å². The van der Waals surface area contributed by atoms with Crippen LogP contribution in [0.3, 0.4) is 0 Å². The van der Waals surface area contributed by atoms with Gasteiger partial charge in [-0.15, -0.1) is 0 Å². The van der Waals surface area contributed by atoms with Crippen molar-refractivity contribution in [2.75, 3.05) is 5.73 Å². The molecule has 0 unspecified atom stereocenters. The number of amides is 1. The second-order valence-corrected chi connectivity index (χ2v) is 3.67. The lowest BCUT2D eigenvalue weighted by Crippen LogP contribution is -2.24. The maximum Gasteiger partial charge on any atom is 0.304 e. The van der Waals surface area contributed by atoms with Gasteiger partial charge in [-0.25, -0.2) is 0 Å². The van der Waals surface area contributed by atoms with Crippen LogP contribution in [0.5, 0.6) is 0 Å². The number of hydrogen-bond donors (Lipinski definition) is 2. The predicted molar refractivity (Wildman–Crippen MR) is 65.2 cm³/mol. The Morgan fingerprint density at radius 2 is 2.26 bits per heavy atom. The highest BCUT2D eigenvalue weighted by atomic mass is 16.6. The summed E-state index contributed by atoms with van der Waals surface area (Å²) in [6, 6.07) is 5.76. The van der Waals surface area contributed by atoms with Crippen LogP contribution in [0.2, 0.25) is 0 Å². The van der Waals surface area contributed by atoms with Gasteiger partial charge in [-0.3, -0.25) is 14.9 Å². The maximum absolute atomic E-state index is 11.9. The van der Waals surface area contributed by atoms with Gasteiger partial charge in [-0.05, 0) is 12.1 Å². The van der Waals surface area contributed by atoms with Crippen molar-refractivity contribution in [3.8, 4) is 0 Å². The SMILES string of the molecule is Nc1cccc(C(=O)NCc2ccon2)c1[N+](=O)[O-]. The number of carbonyl (C=O) groups excluding carboxylic acids is 1. The second-order valence-electron chi connectivity index (χ2n) is 3.67. The van der Waals surface area contributed by atoms with E-state index in [-0.39, 0.29) is 17.8 Å². The second kappa shape index (κ2) is 5.17. The van der Waals surface area contributed by atoms with Crippen LogP contribution in [0.4, 0.5) is 11.4 Å². The first-order valence-corrected chi connectivity index (χ1v) is 5.30. The Hall–Kier alpha value is -2.90. The van der Waals surface area contributed by atoms with E-state index in [4.69, 9.17) is 5.73 Å². The summed E-state index contributed by atoms with van der Waals surface area (Å²) in [5.41, 5.74) is 5.47. The molecule has 3 N–H and O–H groups in total. The number of carbonyl (C=O) groups is 1. The number of nitro groups is 1. The van der Waals surface area contributed by atoms with Crippen molar-refractivity contribution in [1.29, 1.82) is 0 Å². The van der Waals surface area contributed by atoms with Crippen molar-refractivity contribution in [2.24, 2.45) is 0 Å². The molecule has 0 saturated heterocycles. The van der Waals surface area contributed by atoms with E-state index >= 15 is 0 Å². The molecule has 0 aliphatic carbocycles. The number of anilines is 1. The summed E-state index contributed by atoms with van der Waals surface area (Å²) in [6.45, 7) is 0.112. The quantitative estimate of drug-likeness (QED) is 0.482. The monoisotopic (exact) mass is 262 g/mol. The molecule has 0 atom stereocenters. The first-order chi connectivity index (χ1) is 9.09. The van der Waals surface area contributed by atoms with Crippen LogP contribution in [0, 0.1) is 10.1 Å². The van der Waals surface area contributed by atoms with E-state index in [1.165, 1.54) is 24.5 Å². The molecule has 0 aliphatic heterocycles. The third-order valence-corrected chi connectivity index (χ3v) is 2.42. The molecule has 0 spiro atoms. The van der Waals surface area contributed by atoms with Gasteiger partial charge in [-0.2, -0.15) is 0 Å². The summed E-state index contributed by atoms with van der Waals surface area (Å²) in [6.07, 6.45) is 1.37. The smallest absolute Gasteiger partial charge is 0.304 e. The molecule has 2 rings (SSSR count). The van der Waals surface area contributed by atoms with Gasteiger partial charge in [0.2, 0.25) is 0 Å². The molecule has 0 radical (unpaired) electrons. The number of para-hydroxylation sites is 1. The van der Waals surface area contributed by atoms with Crippen LogP contribution in [0.15, 0.2) is 35.1 Å². The summed E-state index contributed by atoms with van der Waals surface area (Å²) < 4.78 is 4.60. The Morgan fingerprint density at radius 3 is 2.89 bits per heavy atom. The Labute approximate surface area is 107 Å². The van der Waals surface area contributed by atoms with E-state index in [1.54, 1.807) is 6.07 Å². The number of nitrogen functional groups attached to an aromatic ring is 1. The standard InChI is InChI=1S/C11H10N4O4/c12-9-3-1-2-8(10(9)15(17)18)11(16)13-6-7-4-5-19-14-7/h1-5H,6,12H2,(H,13,16). The molecule has 2 aromatic rings. The van der Waals surface area contributed by atoms with Crippen molar-refractivity contribution in [2.45, 2.75) is 6.54 Å². The lowest BCUT2D eigenvalue weighted by atomic mass is 10.1. The molecular formula is C11H10N4O4. The highest BCUT2D eigenvalue weighted by Gasteiger charge is 2.22. The van der Waals surface area contributed by atoms with Crippen LogP contribution in [-0.4, -0.2) is 16.0 Å². The van der Waals surface area contributed by atoms with E-state index in [2.05, 4.69) is 15.0 Å². The van der Waals surface area contributed by atoms with Crippen molar-refractivity contribution in [3.05, 3.63) is 51.9 Å². The van der Waals surface area contributed by atoms with Crippen LogP contribution in [0.25, 0.3) is 0 Å². The molecule has 0 bridgehead atoms. The first kappa shape index (κ1) is 12.6. The van der Waals surface area contributed by atoms with Gasteiger partial charge >= 0.3 is 5.69 Å². The Bertz CT molecular complexity index is 609. The Kier molecular flexibility index (Phi) is 3.42. The normalized spacial score (nSPS) is 10.1. The maximum atomic E-state index is 11.9. The van der Waals surface area contributed by atoms with E-state index in [0.29, 0.717) is 5.69 Å². The summed E-state index contributed by atoms with van der Waals surface area (Å²) in [7, 11) is 0. The topological polar surface area (TPSA) is 124 Å². The molecule has 19 heavy (non-hydrogen) atoms. The highest BCUT2D eigenvalue weighted by molar-refractivity contribution is 6.00. The number of benzene rings is 1. The molecule has 98 valence electrons. The number of aromatic nitrogens is 1. The lowest BCUT2D eigenvalue weighted by Gasteiger charge is -2.05. The molecule has 0 aliphatic rings. The zero-order valence-electron chi connectivity index (χ0n) is 9.70. The third kappa shape index (κ3) is 2.68. The summed E-state index contributed by atoms with van der Waals surface area (Å²) in [5.74, 6) is -0.595. The molecule has 8 heteroatoms. The van der Waals surface area contributed by atoms with Gasteiger partial charge in [0, 0.05) is 6.07 Å². The van der Waals surface area contributed by atoms with Crippen molar-refractivity contribution in [3.63, 3.8) is 0 Å². The average molecular weight is 262 g/mol. The fourth-order valence-corrected chi connectivity index (χ4v) is 1.54. The number of nitrogens with two attached hydrogens (primary N) is 1. The number of nitro benzene ring substituents is 1. The summed E-state index contributed by atoms with van der Waals surface area (Å²) >= 11 is 0. The van der Waals surface area contributed by atoms with Gasteiger partial charge in [-0.1, -0.05) is 11.2 Å². The summed E-state index contributed by atoms with van der Waals surface area (Å²) in [4.78, 5) is 22.1. The van der Waals surface area contributed by atoms with E-state index in [1.807, 2.05) is 0 Å². The van der Waals surface area contributed by atoms with Crippen LogP contribution >= 0.6 is 0 Å². The van der Waals surface area contributed by atoms with Gasteiger partial charge in [0.05, 0.1) is 11.5 Å². The van der Waals surface area contributed by atoms with E-state index in [0.717, 1.165) is 0 Å². The minimum atomic E-state index is -0.680. The van der Waals surface area contributed by atoms with Gasteiger partial charge in [0.25, 0.3) is 5.91 Å². The highest BCUT2D eigenvalue weighted by Crippen LogP contribution is 2.25. The molecule has 0 saturated carbocycles. The fraction of sp³-hybridized carbons (Fsp3) is 0.0909. The zero-order valence-corrected chi connectivity index (χ0v) is 9.70. The van der Waals surface area contributed by atoms with Crippen molar-refractivity contribution in [1.82, 2.24) is 10.5 Å². The van der Waals surface area contributed by atoms with Crippen LogP contribution in [-0.2, 0) is 6.54 Å². The number of rotatable bonds is 4. The molecule has 1 aromatic carbocycles. The van der Waals surface area contributed by atoms with E-state index in [9.17, 15) is 14.9 Å². The van der Waals surface area contributed by atoms with Gasteiger partial charge in [0.15, 0.2) is 0 Å². The number of hydrogen-bond acceptors (Lipinski definition) is 6. The lowest BCUT2D eigenvalue weighted by molar-refractivity contribution is -0.384. The van der Waals surface area contributed by atoms with Crippen molar-refractivity contribution >= 4 is 17.3 Å². The minimum Gasteiger partial charge on any atom is -0.393 e. The molecule has 1 amide bonds. The molecule has 1 aromatic heterocycles. The Balaban J connectivity index is 2.19. The van der Waals surface area contributed by atoms with Crippen LogP contribution in [0.1, 0.15) is 16.1 Å². The van der Waals surface area contributed by atoms with Crippen molar-refractivity contribution < 1.29 is 14.2 Å². The first-order valence-electron chi connectivity index (χ1n) is 5.30. The molecule has 0 fully saturated rings. The fourth-order valence-electron chi connectivity index (χ4n) is 1.54. The Morgan fingerprint density at radius 1 is 1.47 bits per heavy atom. The average Bonchev–Trinajstić information content (AvgIpc) is 2.88. The summed E-state index contributed by atoms with van der Waals surface area (Å²) in [5, 5.41) is 17.0. The molecular weight excluding hydrogens is 252 g/mol. The minimum absolute atomic E-state index is 0.0564. The van der Waals surface area contributed by atoms with E-state index < -0.39 is 16.5 Å². The van der Waals surface area contributed by atoms with Crippen LogP contribution < -0.4 is 11.1 Å². The van der Waals surface area contributed by atoms with Gasteiger partial charge in [0.1, 0.15) is 23.2 Å². The number of nitrogens with one attached hydrogen (secondary N) is 1. The predicted octanol–water partition coefficient (Wildman–Crippen LogP) is 1.09. The molecule has 1 heterocycles. The largest absolute Gasteiger partial charge is 0.393 e. The third-order valence-electron chi connectivity index (χ3n) is 2.42. The number of nitrogens with zero attached hydrogens (tertiary/aromatic N) is 2. The molecule has 8 nitrogen and oxygen atoms in total. The zero-order chi connectivity index (χ0) is 13.8.